The average molecular weight is 405 g/mol. The number of hydrogen-bond acceptors (Lipinski definition) is 6. The first-order valence-electron chi connectivity index (χ1n) is 8.97. The van der Waals surface area contributed by atoms with Crippen molar-refractivity contribution >= 4 is 28.8 Å². The number of rotatable bonds is 3. The Morgan fingerprint density at radius 3 is 2.55 bits per heavy atom. The molecule has 0 amide bonds. The maximum atomic E-state index is 13.3. The first-order chi connectivity index (χ1) is 13.9. The van der Waals surface area contributed by atoms with E-state index in [1.807, 2.05) is 4.90 Å². The predicted octanol–water partition coefficient (Wildman–Crippen LogP) is 3.09. The minimum Gasteiger partial charge on any atom is -0.465 e. The van der Waals surface area contributed by atoms with Crippen molar-refractivity contribution in [3.05, 3.63) is 47.7 Å². The summed E-state index contributed by atoms with van der Waals surface area (Å²) >= 11 is 0. The highest BCUT2D eigenvalue weighted by molar-refractivity contribution is 5.93. The number of anilines is 2. The molecule has 0 aliphatic carbocycles. The number of H-pyrrole nitrogens is 1. The van der Waals surface area contributed by atoms with Crippen LogP contribution < -0.4 is 9.80 Å². The number of nitrogens with one attached hydrogen (secondary N) is 1. The number of pyridine rings is 1. The fourth-order valence-electron chi connectivity index (χ4n) is 3.39. The van der Waals surface area contributed by atoms with Crippen molar-refractivity contribution in [1.82, 2.24) is 15.0 Å². The summed E-state index contributed by atoms with van der Waals surface area (Å²) in [5, 5.41) is 0. The fourth-order valence-corrected chi connectivity index (χ4v) is 3.39. The van der Waals surface area contributed by atoms with Crippen LogP contribution in [0.25, 0.3) is 11.0 Å². The molecule has 1 fully saturated rings. The highest BCUT2D eigenvalue weighted by Crippen LogP contribution is 2.35. The molecule has 1 aliphatic heterocycles. The van der Waals surface area contributed by atoms with Crippen LogP contribution in [0.2, 0.25) is 0 Å². The molecule has 3 aromatic rings. The summed E-state index contributed by atoms with van der Waals surface area (Å²) in [6, 6.07) is 7.37. The van der Waals surface area contributed by atoms with Crippen LogP contribution in [0.5, 0.6) is 0 Å². The van der Waals surface area contributed by atoms with Gasteiger partial charge in [0.05, 0.1) is 29.3 Å². The number of piperazine rings is 1. The molecule has 1 aromatic carbocycles. The number of methoxy groups -OCH3 is 1. The van der Waals surface area contributed by atoms with E-state index in [1.54, 1.807) is 23.1 Å². The third-order valence-electron chi connectivity index (χ3n) is 4.86. The Hall–Kier alpha value is -3.30. The van der Waals surface area contributed by atoms with Crippen LogP contribution in [-0.2, 0) is 10.9 Å². The van der Waals surface area contributed by atoms with Gasteiger partial charge in [-0.25, -0.2) is 14.8 Å². The molecule has 0 saturated carbocycles. The highest BCUT2D eigenvalue weighted by atomic mass is 19.4. The number of nitrogens with zero attached hydrogens (tertiary/aromatic N) is 4. The van der Waals surface area contributed by atoms with Gasteiger partial charge in [0.25, 0.3) is 0 Å². The molecule has 2 aromatic heterocycles. The van der Waals surface area contributed by atoms with Gasteiger partial charge in [0.15, 0.2) is 0 Å². The third kappa shape index (κ3) is 3.69. The summed E-state index contributed by atoms with van der Waals surface area (Å²) in [4.78, 5) is 26.9. The molecule has 0 spiro atoms. The molecule has 1 aliphatic rings. The molecular weight excluding hydrogens is 387 g/mol. The van der Waals surface area contributed by atoms with Gasteiger partial charge in [0, 0.05) is 32.4 Å². The Kier molecular flexibility index (Phi) is 4.77. The normalized spacial score (nSPS) is 15.0. The number of carbonyl (C=O) groups excluding carboxylic acids is 1. The van der Waals surface area contributed by atoms with E-state index in [2.05, 4.69) is 15.0 Å². The minimum atomic E-state index is -4.45. The van der Waals surface area contributed by atoms with Crippen molar-refractivity contribution in [2.45, 2.75) is 6.18 Å². The Morgan fingerprint density at radius 2 is 1.86 bits per heavy atom. The minimum absolute atomic E-state index is 0.0491. The fraction of sp³-hybridized carbons (Fsp3) is 0.316. The molecule has 1 saturated heterocycles. The van der Waals surface area contributed by atoms with E-state index in [1.165, 1.54) is 19.4 Å². The first kappa shape index (κ1) is 19.0. The number of carbonyl (C=O) groups is 1. The van der Waals surface area contributed by atoms with Crippen molar-refractivity contribution in [1.29, 1.82) is 0 Å². The molecular formula is C19H18F3N5O2. The Balaban J connectivity index is 1.51. The molecule has 0 bridgehead atoms. The summed E-state index contributed by atoms with van der Waals surface area (Å²) < 4.78 is 44.5. The Bertz CT molecular complexity index is 1040. The Labute approximate surface area is 164 Å². The summed E-state index contributed by atoms with van der Waals surface area (Å²) in [7, 11) is 1.31. The smallest absolute Gasteiger partial charge is 0.419 e. The van der Waals surface area contributed by atoms with Crippen molar-refractivity contribution in [2.24, 2.45) is 0 Å². The Morgan fingerprint density at radius 1 is 1.14 bits per heavy atom. The van der Waals surface area contributed by atoms with Crippen molar-refractivity contribution in [3.8, 4) is 0 Å². The van der Waals surface area contributed by atoms with Gasteiger partial charge in [-0.2, -0.15) is 13.2 Å². The lowest BCUT2D eigenvalue weighted by atomic mass is 10.2. The monoisotopic (exact) mass is 405 g/mol. The molecule has 0 radical (unpaired) electrons. The van der Waals surface area contributed by atoms with Gasteiger partial charge in [-0.3, -0.25) is 0 Å². The van der Waals surface area contributed by atoms with E-state index in [0.29, 0.717) is 43.2 Å². The number of aromatic amines is 1. The number of fused-ring (bicyclic) bond motifs is 1. The second-order valence-electron chi connectivity index (χ2n) is 6.63. The van der Waals surface area contributed by atoms with E-state index < -0.39 is 17.7 Å². The van der Waals surface area contributed by atoms with Crippen molar-refractivity contribution in [2.75, 3.05) is 43.1 Å². The summed E-state index contributed by atoms with van der Waals surface area (Å²) in [6.45, 7) is 1.73. The maximum Gasteiger partial charge on any atom is 0.419 e. The second-order valence-corrected chi connectivity index (χ2v) is 6.63. The van der Waals surface area contributed by atoms with Crippen LogP contribution >= 0.6 is 0 Å². The highest BCUT2D eigenvalue weighted by Gasteiger charge is 2.36. The van der Waals surface area contributed by atoms with Crippen LogP contribution in [0.3, 0.4) is 0 Å². The molecule has 7 nitrogen and oxygen atoms in total. The van der Waals surface area contributed by atoms with Gasteiger partial charge in [-0.05, 0) is 30.3 Å². The number of esters is 1. The van der Waals surface area contributed by atoms with Crippen LogP contribution in [-0.4, -0.2) is 54.2 Å². The standard InChI is InChI=1S/C19H18F3N5O2/c1-29-17(28)12-4-5-14-15(11-12)25-18(24-14)27-9-7-26(8-10-27)16-13(19(20,21)22)3-2-6-23-16/h2-6,11H,7-10H2,1H3,(H,24,25). The molecule has 4 rings (SSSR count). The zero-order chi connectivity index (χ0) is 20.6. The van der Waals surface area contributed by atoms with Crippen LogP contribution in [0.1, 0.15) is 15.9 Å². The number of alkyl halides is 3. The van der Waals surface area contributed by atoms with Gasteiger partial charge in [-0.15, -0.1) is 0 Å². The van der Waals surface area contributed by atoms with Crippen LogP contribution in [0.4, 0.5) is 24.9 Å². The first-order valence-corrected chi connectivity index (χ1v) is 8.97. The zero-order valence-electron chi connectivity index (χ0n) is 15.5. The zero-order valence-corrected chi connectivity index (χ0v) is 15.5. The van der Waals surface area contributed by atoms with Crippen LogP contribution in [0.15, 0.2) is 36.5 Å². The lowest BCUT2D eigenvalue weighted by Crippen LogP contribution is -2.47. The van der Waals surface area contributed by atoms with Gasteiger partial charge in [0.1, 0.15) is 5.82 Å². The van der Waals surface area contributed by atoms with Gasteiger partial charge in [0.2, 0.25) is 5.95 Å². The van der Waals surface area contributed by atoms with Gasteiger partial charge >= 0.3 is 12.1 Å². The molecule has 0 unspecified atom stereocenters. The molecule has 0 atom stereocenters. The number of halogens is 3. The number of imidazole rings is 1. The number of aromatic nitrogens is 3. The van der Waals surface area contributed by atoms with Crippen molar-refractivity contribution < 1.29 is 22.7 Å². The molecule has 10 heteroatoms. The maximum absolute atomic E-state index is 13.3. The lowest BCUT2D eigenvalue weighted by molar-refractivity contribution is -0.137. The average Bonchev–Trinajstić information content (AvgIpc) is 3.16. The van der Waals surface area contributed by atoms with Gasteiger partial charge < -0.3 is 19.5 Å². The molecule has 152 valence electrons. The summed E-state index contributed by atoms with van der Waals surface area (Å²) in [5.41, 5.74) is 1.05. The van der Waals surface area contributed by atoms with E-state index in [9.17, 15) is 18.0 Å². The third-order valence-corrected chi connectivity index (χ3v) is 4.86. The summed E-state index contributed by atoms with van der Waals surface area (Å²) in [6.07, 6.45) is -3.08. The SMILES string of the molecule is COC(=O)c1ccc2[nH]c(N3CCN(c4ncccc4C(F)(F)F)CC3)nc2c1. The molecule has 1 N–H and O–H groups in total. The summed E-state index contributed by atoms with van der Waals surface area (Å²) in [5.74, 6) is 0.117. The topological polar surface area (TPSA) is 74.4 Å². The van der Waals surface area contributed by atoms with Crippen LogP contribution in [0, 0.1) is 0 Å². The molecule has 3 heterocycles. The van der Waals surface area contributed by atoms with E-state index in [4.69, 9.17) is 4.74 Å². The van der Waals surface area contributed by atoms with E-state index >= 15 is 0 Å². The number of ether oxygens (including phenoxy) is 1. The lowest BCUT2D eigenvalue weighted by Gasteiger charge is -2.36. The van der Waals surface area contributed by atoms with Crippen molar-refractivity contribution in [3.63, 3.8) is 0 Å². The molecule has 29 heavy (non-hydrogen) atoms. The second kappa shape index (κ2) is 7.26. The van der Waals surface area contributed by atoms with E-state index in [-0.39, 0.29) is 5.82 Å². The largest absolute Gasteiger partial charge is 0.465 e. The number of benzene rings is 1. The van der Waals surface area contributed by atoms with Gasteiger partial charge in [-0.1, -0.05) is 0 Å². The van der Waals surface area contributed by atoms with E-state index in [0.717, 1.165) is 11.6 Å². The predicted molar refractivity (Wildman–Crippen MR) is 101 cm³/mol. The quantitative estimate of drug-likeness (QED) is 0.675. The number of hydrogen-bond donors (Lipinski definition) is 1.